The number of hydrogen-bond donors (Lipinski definition) is 0. The molecule has 0 spiro atoms. The Hall–Kier alpha value is -8.72. The van der Waals surface area contributed by atoms with Crippen LogP contribution in [-0.4, -0.2) is 4.40 Å². The van der Waals surface area contributed by atoms with Crippen molar-refractivity contribution < 1.29 is 0 Å². The van der Waals surface area contributed by atoms with E-state index >= 15 is 0 Å². The third kappa shape index (κ3) is 7.02. The first-order valence-electron chi connectivity index (χ1n) is 22.7. The highest BCUT2D eigenvalue weighted by Gasteiger charge is 2.20. The van der Waals surface area contributed by atoms with Crippen molar-refractivity contribution in [2.24, 2.45) is 0 Å². The SMILES string of the molecule is c1ccc(-c2ccc(N(c3ccc(-c4ccc(-c5cccc6c5c(-c5ccccc5)c5ccc7ccccc7n56)cc4)cc3)c3ccc(-c4ccccc4-c4ccccc4)cc3)cc2)cc1. The Bertz CT molecular complexity index is 3630. The van der Waals surface area contributed by atoms with E-state index in [0.29, 0.717) is 0 Å². The van der Waals surface area contributed by atoms with Gasteiger partial charge in [-0.2, -0.15) is 0 Å². The molecule has 2 aromatic heterocycles. The molecule has 2 nitrogen and oxygen atoms in total. The van der Waals surface area contributed by atoms with Gasteiger partial charge in [0.05, 0.1) is 16.6 Å². The summed E-state index contributed by atoms with van der Waals surface area (Å²) < 4.78 is 2.44. The maximum Gasteiger partial charge on any atom is 0.0547 e. The second-order valence-electron chi connectivity index (χ2n) is 16.9. The molecule has 66 heavy (non-hydrogen) atoms. The highest BCUT2D eigenvalue weighted by molar-refractivity contribution is 6.14. The van der Waals surface area contributed by atoms with Crippen LogP contribution in [0.3, 0.4) is 0 Å². The molecule has 310 valence electrons. The van der Waals surface area contributed by atoms with E-state index < -0.39 is 0 Å². The van der Waals surface area contributed by atoms with Crippen molar-refractivity contribution in [3.8, 4) is 66.8 Å². The van der Waals surface area contributed by atoms with Gasteiger partial charge in [0.25, 0.3) is 0 Å². The standard InChI is InChI=1S/C64H44N2/c1-4-15-45(16-5-1)47-31-38-54(39-32-47)65(56-42-35-50(36-43-56)58-23-12-11-22-57(58)49-17-6-2-7-18-49)55-40-33-48(34-41-55)46-27-29-51(30-28-46)59-24-14-26-61-64(59)63(53-20-8-3-9-21-53)62-44-37-52-19-10-13-25-60(52)66(61)62/h1-44H. The zero-order valence-electron chi connectivity index (χ0n) is 36.3. The minimum absolute atomic E-state index is 1.09. The Morgan fingerprint density at radius 3 is 1.18 bits per heavy atom. The lowest BCUT2D eigenvalue weighted by Gasteiger charge is -2.26. The second-order valence-corrected chi connectivity index (χ2v) is 16.9. The normalized spacial score (nSPS) is 11.3. The molecule has 0 atom stereocenters. The van der Waals surface area contributed by atoms with E-state index in [4.69, 9.17) is 0 Å². The van der Waals surface area contributed by atoms with E-state index in [0.717, 1.165) is 17.1 Å². The molecule has 0 saturated carbocycles. The number of pyridine rings is 1. The number of nitrogens with zero attached hydrogens (tertiary/aromatic N) is 2. The molecule has 0 fully saturated rings. The van der Waals surface area contributed by atoms with Crippen LogP contribution in [0.4, 0.5) is 17.1 Å². The minimum atomic E-state index is 1.09. The Labute approximate surface area is 385 Å². The van der Waals surface area contributed by atoms with Gasteiger partial charge in [-0.3, -0.25) is 0 Å². The smallest absolute Gasteiger partial charge is 0.0547 e. The van der Waals surface area contributed by atoms with Crippen molar-refractivity contribution in [2.45, 2.75) is 0 Å². The van der Waals surface area contributed by atoms with Crippen LogP contribution in [0.1, 0.15) is 0 Å². The molecule has 2 heteroatoms. The van der Waals surface area contributed by atoms with Gasteiger partial charge >= 0.3 is 0 Å². The number of para-hydroxylation sites is 1. The van der Waals surface area contributed by atoms with E-state index in [-0.39, 0.29) is 0 Å². The molecule has 0 saturated heterocycles. The molecule has 0 aliphatic heterocycles. The van der Waals surface area contributed by atoms with E-state index in [1.54, 1.807) is 0 Å². The van der Waals surface area contributed by atoms with Gasteiger partial charge in [0.15, 0.2) is 0 Å². The largest absolute Gasteiger partial charge is 0.311 e. The fourth-order valence-electron chi connectivity index (χ4n) is 9.83. The van der Waals surface area contributed by atoms with Crippen molar-refractivity contribution in [3.63, 3.8) is 0 Å². The molecule has 10 aromatic carbocycles. The fourth-order valence-corrected chi connectivity index (χ4v) is 9.83. The molecule has 0 bridgehead atoms. The quantitative estimate of drug-likeness (QED) is 0.140. The van der Waals surface area contributed by atoms with Gasteiger partial charge < -0.3 is 9.30 Å². The molecule has 12 aromatic rings. The summed E-state index contributed by atoms with van der Waals surface area (Å²) in [5.74, 6) is 0. The summed E-state index contributed by atoms with van der Waals surface area (Å²) in [6.07, 6.45) is 0. The molecule has 0 unspecified atom stereocenters. The summed E-state index contributed by atoms with van der Waals surface area (Å²) in [6, 6.07) is 96.7. The minimum Gasteiger partial charge on any atom is -0.311 e. The third-order valence-corrected chi connectivity index (χ3v) is 13.0. The molecule has 0 aliphatic carbocycles. The van der Waals surface area contributed by atoms with Crippen molar-refractivity contribution >= 4 is 44.4 Å². The van der Waals surface area contributed by atoms with Crippen LogP contribution in [0.5, 0.6) is 0 Å². The number of benzene rings is 10. The Morgan fingerprint density at radius 1 is 0.227 bits per heavy atom. The molecule has 12 rings (SSSR count). The fraction of sp³-hybridized carbons (Fsp3) is 0. The predicted molar refractivity (Wildman–Crippen MR) is 280 cm³/mol. The molecular formula is C64H44N2. The van der Waals surface area contributed by atoms with Gasteiger partial charge in [-0.05, 0) is 121 Å². The maximum absolute atomic E-state index is 2.44. The van der Waals surface area contributed by atoms with Crippen molar-refractivity contribution in [1.29, 1.82) is 0 Å². The van der Waals surface area contributed by atoms with Crippen molar-refractivity contribution in [1.82, 2.24) is 4.40 Å². The van der Waals surface area contributed by atoms with Crippen LogP contribution in [-0.2, 0) is 0 Å². The first kappa shape index (κ1) is 38.9. The third-order valence-electron chi connectivity index (χ3n) is 13.0. The lowest BCUT2D eigenvalue weighted by atomic mass is 9.94. The van der Waals surface area contributed by atoms with Crippen LogP contribution in [0.2, 0.25) is 0 Å². The number of fused-ring (bicyclic) bond motifs is 5. The van der Waals surface area contributed by atoms with Crippen LogP contribution in [0, 0.1) is 0 Å². The zero-order valence-corrected chi connectivity index (χ0v) is 36.3. The van der Waals surface area contributed by atoms with Crippen LogP contribution < -0.4 is 4.90 Å². The molecule has 0 amide bonds. The Balaban J connectivity index is 0.902. The van der Waals surface area contributed by atoms with Crippen molar-refractivity contribution in [3.05, 3.63) is 267 Å². The van der Waals surface area contributed by atoms with Crippen LogP contribution in [0.25, 0.3) is 94.1 Å². The summed E-state index contributed by atoms with van der Waals surface area (Å²) in [5.41, 5.74) is 21.4. The number of rotatable bonds is 9. The van der Waals surface area contributed by atoms with E-state index in [1.807, 2.05) is 0 Å². The lowest BCUT2D eigenvalue weighted by molar-refractivity contribution is 1.28. The number of anilines is 3. The Morgan fingerprint density at radius 2 is 0.606 bits per heavy atom. The molecule has 0 N–H and O–H groups in total. The summed E-state index contributed by atoms with van der Waals surface area (Å²) in [6.45, 7) is 0. The maximum atomic E-state index is 2.44. The van der Waals surface area contributed by atoms with Gasteiger partial charge in [0.1, 0.15) is 0 Å². The predicted octanol–water partition coefficient (Wildman–Crippen LogP) is 17.7. The van der Waals surface area contributed by atoms with Gasteiger partial charge in [0.2, 0.25) is 0 Å². The average molecular weight is 841 g/mol. The topological polar surface area (TPSA) is 7.65 Å². The van der Waals surface area contributed by atoms with E-state index in [1.165, 1.54) is 94.1 Å². The monoisotopic (exact) mass is 840 g/mol. The highest BCUT2D eigenvalue weighted by atomic mass is 15.1. The van der Waals surface area contributed by atoms with Gasteiger partial charge in [0, 0.05) is 28.0 Å². The summed E-state index contributed by atoms with van der Waals surface area (Å²) in [5, 5.41) is 2.49. The first-order chi connectivity index (χ1) is 32.7. The molecule has 0 radical (unpaired) electrons. The summed E-state index contributed by atoms with van der Waals surface area (Å²) in [4.78, 5) is 2.35. The van der Waals surface area contributed by atoms with Crippen molar-refractivity contribution in [2.75, 3.05) is 4.90 Å². The molecular weight excluding hydrogens is 797 g/mol. The zero-order chi connectivity index (χ0) is 43.8. The van der Waals surface area contributed by atoms with Crippen LogP contribution >= 0.6 is 0 Å². The van der Waals surface area contributed by atoms with Gasteiger partial charge in [-0.25, -0.2) is 0 Å². The second kappa shape index (κ2) is 16.8. The van der Waals surface area contributed by atoms with Crippen LogP contribution in [0.15, 0.2) is 267 Å². The highest BCUT2D eigenvalue weighted by Crippen LogP contribution is 2.44. The van der Waals surface area contributed by atoms with E-state index in [9.17, 15) is 0 Å². The van der Waals surface area contributed by atoms with Gasteiger partial charge in [-0.1, -0.05) is 212 Å². The summed E-state index contributed by atoms with van der Waals surface area (Å²) in [7, 11) is 0. The number of hydrogen-bond acceptors (Lipinski definition) is 1. The Kier molecular flexibility index (Phi) is 9.89. The summed E-state index contributed by atoms with van der Waals surface area (Å²) >= 11 is 0. The van der Waals surface area contributed by atoms with E-state index in [2.05, 4.69) is 276 Å². The average Bonchev–Trinajstić information content (AvgIpc) is 3.75. The lowest BCUT2D eigenvalue weighted by Crippen LogP contribution is -2.09. The molecule has 0 aliphatic rings. The molecule has 2 heterocycles. The van der Waals surface area contributed by atoms with Gasteiger partial charge in [-0.15, -0.1) is 0 Å². The first-order valence-corrected chi connectivity index (χ1v) is 22.7. The number of aromatic nitrogens is 1.